The van der Waals surface area contributed by atoms with Crippen LogP contribution in [-0.2, 0) is 16.6 Å². The lowest BCUT2D eigenvalue weighted by atomic mass is 10.3. The van der Waals surface area contributed by atoms with Crippen LogP contribution in [0.4, 0.5) is 11.5 Å². The van der Waals surface area contributed by atoms with Gasteiger partial charge >= 0.3 is 11.8 Å². The van der Waals surface area contributed by atoms with Crippen LogP contribution in [0.25, 0.3) is 0 Å². The predicted octanol–water partition coefficient (Wildman–Crippen LogP) is 0.820. The minimum absolute atomic E-state index is 0.0382. The van der Waals surface area contributed by atoms with Crippen molar-refractivity contribution < 1.29 is 19.2 Å². The van der Waals surface area contributed by atoms with Crippen molar-refractivity contribution in [2.75, 3.05) is 12.4 Å². The first-order valence-electron chi connectivity index (χ1n) is 6.88. The minimum Gasteiger partial charge on any atom is -0.464 e. The Labute approximate surface area is 136 Å². The molecule has 128 valence electrons. The molecule has 1 amide bonds. The summed E-state index contributed by atoms with van der Waals surface area (Å²) in [5, 5.41) is 21.1. The van der Waals surface area contributed by atoms with Crippen molar-refractivity contribution in [3.05, 3.63) is 33.8 Å². The number of nitro groups is 1. The molecule has 0 fully saturated rings. The highest BCUT2D eigenvalue weighted by Crippen LogP contribution is 2.19. The van der Waals surface area contributed by atoms with E-state index in [0.29, 0.717) is 5.69 Å². The Hall–Kier alpha value is -3.24. The van der Waals surface area contributed by atoms with Crippen LogP contribution in [0.3, 0.4) is 0 Å². The summed E-state index contributed by atoms with van der Waals surface area (Å²) >= 11 is 0. The summed E-state index contributed by atoms with van der Waals surface area (Å²) in [6, 6.07) is 0.442. The van der Waals surface area contributed by atoms with E-state index in [1.807, 2.05) is 0 Å². The summed E-state index contributed by atoms with van der Waals surface area (Å²) in [6.45, 7) is 3.14. The van der Waals surface area contributed by atoms with Crippen molar-refractivity contribution in [1.29, 1.82) is 0 Å². The second-order valence-corrected chi connectivity index (χ2v) is 5.07. The van der Waals surface area contributed by atoms with Crippen molar-refractivity contribution in [1.82, 2.24) is 19.6 Å². The molecule has 0 aromatic carbocycles. The number of ether oxygens (including phenoxy) is 1. The lowest BCUT2D eigenvalue weighted by Crippen LogP contribution is -2.26. The van der Waals surface area contributed by atoms with E-state index >= 15 is 0 Å². The van der Waals surface area contributed by atoms with Crippen molar-refractivity contribution in [2.24, 2.45) is 7.05 Å². The van der Waals surface area contributed by atoms with Gasteiger partial charge in [-0.3, -0.25) is 9.48 Å². The first-order chi connectivity index (χ1) is 11.2. The maximum atomic E-state index is 12.4. The lowest BCUT2D eigenvalue weighted by molar-refractivity contribution is -0.389. The van der Waals surface area contributed by atoms with E-state index in [4.69, 9.17) is 0 Å². The summed E-state index contributed by atoms with van der Waals surface area (Å²) in [6.07, 6.45) is 1.45. The molecule has 1 unspecified atom stereocenters. The summed E-state index contributed by atoms with van der Waals surface area (Å²) in [7, 11) is 2.80. The Bertz CT molecular complexity index is 808. The number of amides is 1. The van der Waals surface area contributed by atoms with Crippen LogP contribution in [-0.4, -0.2) is 43.5 Å². The second kappa shape index (κ2) is 6.48. The molecule has 1 atom stereocenters. The van der Waals surface area contributed by atoms with Gasteiger partial charge < -0.3 is 20.2 Å². The fraction of sp³-hybridized carbons (Fsp3) is 0.385. The molecule has 0 aliphatic rings. The van der Waals surface area contributed by atoms with E-state index in [9.17, 15) is 19.7 Å². The van der Waals surface area contributed by atoms with Crippen LogP contribution in [0, 0.1) is 17.0 Å². The molecule has 0 bridgehead atoms. The number of nitrogens with zero attached hydrogens (tertiary/aromatic N) is 5. The third-order valence-corrected chi connectivity index (χ3v) is 3.31. The number of rotatable bonds is 5. The Balaban J connectivity index is 2.24. The SMILES string of the molecule is COC(=O)c1nn(C)cc1NC(=O)C(C)n1nc([N+](=O)[O-])cc1C. The average molecular weight is 336 g/mol. The van der Waals surface area contributed by atoms with E-state index in [-0.39, 0.29) is 17.2 Å². The number of methoxy groups -OCH3 is 1. The molecular formula is C13H16N6O5. The lowest BCUT2D eigenvalue weighted by Gasteiger charge is -2.11. The molecule has 2 rings (SSSR count). The summed E-state index contributed by atoms with van der Waals surface area (Å²) in [4.78, 5) is 34.2. The van der Waals surface area contributed by atoms with Gasteiger partial charge in [-0.2, -0.15) is 9.78 Å². The van der Waals surface area contributed by atoms with Crippen LogP contribution in [0.5, 0.6) is 0 Å². The Morgan fingerprint density at radius 3 is 2.62 bits per heavy atom. The van der Waals surface area contributed by atoms with E-state index < -0.39 is 22.8 Å². The van der Waals surface area contributed by atoms with Gasteiger partial charge in [0.05, 0.1) is 29.7 Å². The monoisotopic (exact) mass is 336 g/mol. The van der Waals surface area contributed by atoms with Crippen LogP contribution >= 0.6 is 0 Å². The molecule has 2 heterocycles. The third-order valence-electron chi connectivity index (χ3n) is 3.31. The highest BCUT2D eigenvalue weighted by Gasteiger charge is 2.26. The predicted molar refractivity (Wildman–Crippen MR) is 81.5 cm³/mol. The van der Waals surface area contributed by atoms with Gasteiger partial charge in [-0.05, 0) is 18.8 Å². The molecule has 1 N–H and O–H groups in total. The van der Waals surface area contributed by atoms with Crippen LogP contribution in [0.1, 0.15) is 29.1 Å². The highest BCUT2D eigenvalue weighted by atomic mass is 16.6. The number of nitrogens with one attached hydrogen (secondary N) is 1. The Morgan fingerprint density at radius 1 is 1.42 bits per heavy atom. The number of aryl methyl sites for hydroxylation is 2. The Morgan fingerprint density at radius 2 is 2.08 bits per heavy atom. The topological polar surface area (TPSA) is 134 Å². The van der Waals surface area contributed by atoms with Crippen molar-refractivity contribution in [2.45, 2.75) is 19.9 Å². The molecule has 24 heavy (non-hydrogen) atoms. The number of hydrogen-bond donors (Lipinski definition) is 1. The molecule has 0 radical (unpaired) electrons. The normalized spacial score (nSPS) is 11.8. The van der Waals surface area contributed by atoms with Gasteiger partial charge in [-0.15, -0.1) is 0 Å². The van der Waals surface area contributed by atoms with Crippen molar-refractivity contribution in [3.63, 3.8) is 0 Å². The van der Waals surface area contributed by atoms with Gasteiger partial charge in [-0.25, -0.2) is 4.79 Å². The molecule has 11 nitrogen and oxygen atoms in total. The number of carbonyl (C=O) groups excluding carboxylic acids is 2. The van der Waals surface area contributed by atoms with Gasteiger partial charge in [0, 0.05) is 13.2 Å². The average Bonchev–Trinajstić information content (AvgIpc) is 3.08. The molecule has 0 saturated heterocycles. The number of anilines is 1. The molecule has 2 aromatic heterocycles. The standard InChI is InChI=1S/C13H16N6O5/c1-7-5-10(19(22)23)15-18(7)8(2)12(20)14-9-6-17(3)16-11(9)13(21)24-4/h5-6,8H,1-4H3,(H,14,20). The second-order valence-electron chi connectivity index (χ2n) is 5.07. The number of aromatic nitrogens is 4. The minimum atomic E-state index is -0.829. The molecule has 0 aliphatic carbocycles. The largest absolute Gasteiger partial charge is 0.464 e. The van der Waals surface area contributed by atoms with Crippen LogP contribution < -0.4 is 5.32 Å². The molecule has 2 aromatic rings. The first kappa shape index (κ1) is 17.1. The van der Waals surface area contributed by atoms with E-state index in [2.05, 4.69) is 20.3 Å². The van der Waals surface area contributed by atoms with E-state index in [1.54, 1.807) is 14.0 Å². The first-order valence-corrected chi connectivity index (χ1v) is 6.88. The molecule has 0 saturated carbocycles. The smallest absolute Gasteiger partial charge is 0.390 e. The molecule has 0 aliphatic heterocycles. The van der Waals surface area contributed by atoms with Gasteiger partial charge in [0.2, 0.25) is 0 Å². The van der Waals surface area contributed by atoms with E-state index in [0.717, 1.165) is 0 Å². The number of esters is 1. The Kier molecular flexibility index (Phi) is 4.62. The third kappa shape index (κ3) is 3.24. The zero-order valence-electron chi connectivity index (χ0n) is 13.5. The van der Waals surface area contributed by atoms with Crippen molar-refractivity contribution in [3.8, 4) is 0 Å². The van der Waals surface area contributed by atoms with Crippen LogP contribution in [0.15, 0.2) is 12.3 Å². The maximum Gasteiger partial charge on any atom is 0.390 e. The van der Waals surface area contributed by atoms with E-state index in [1.165, 1.54) is 35.7 Å². The molecular weight excluding hydrogens is 320 g/mol. The van der Waals surface area contributed by atoms with Gasteiger partial charge in [0.25, 0.3) is 5.91 Å². The quantitative estimate of drug-likeness (QED) is 0.485. The summed E-state index contributed by atoms with van der Waals surface area (Å²) in [5.41, 5.74) is 0.605. The zero-order chi connectivity index (χ0) is 18.0. The summed E-state index contributed by atoms with van der Waals surface area (Å²) in [5.74, 6) is -1.54. The fourth-order valence-corrected chi connectivity index (χ4v) is 2.13. The van der Waals surface area contributed by atoms with Crippen LogP contribution in [0.2, 0.25) is 0 Å². The summed E-state index contributed by atoms with van der Waals surface area (Å²) < 4.78 is 7.20. The van der Waals surface area contributed by atoms with Gasteiger partial charge in [-0.1, -0.05) is 0 Å². The fourth-order valence-electron chi connectivity index (χ4n) is 2.13. The van der Waals surface area contributed by atoms with Gasteiger partial charge in [0.15, 0.2) is 5.69 Å². The number of carbonyl (C=O) groups is 2. The van der Waals surface area contributed by atoms with Crippen molar-refractivity contribution >= 4 is 23.4 Å². The zero-order valence-corrected chi connectivity index (χ0v) is 13.5. The van der Waals surface area contributed by atoms with Gasteiger partial charge in [0.1, 0.15) is 6.04 Å². The molecule has 11 heteroatoms. The highest BCUT2D eigenvalue weighted by molar-refractivity contribution is 6.00. The number of hydrogen-bond acceptors (Lipinski definition) is 7. The maximum absolute atomic E-state index is 12.4. The molecule has 0 spiro atoms.